The predicted molar refractivity (Wildman–Crippen MR) is 38.7 cm³/mol. The number of Topliss-reactive ketones (excluding diaryl/α,β-unsaturated/α-hetero) is 1. The molecule has 10 heavy (non-hydrogen) atoms. The van der Waals surface area contributed by atoms with Gasteiger partial charge in [-0.15, -0.1) is 0 Å². The highest BCUT2D eigenvalue weighted by Crippen LogP contribution is 2.42. The maximum Gasteiger partial charge on any atom is 0.146 e. The summed E-state index contributed by atoms with van der Waals surface area (Å²) in [5.41, 5.74) is -0.242. The highest BCUT2D eigenvalue weighted by Gasteiger charge is 2.53. The van der Waals surface area contributed by atoms with Gasteiger partial charge in [0.1, 0.15) is 5.78 Å². The number of carbonyl (C=O) groups excluding carboxylic acids is 1. The third-order valence-corrected chi connectivity index (χ3v) is 2.47. The van der Waals surface area contributed by atoms with Crippen LogP contribution < -0.4 is 0 Å². The Morgan fingerprint density at radius 1 is 1.50 bits per heavy atom. The molecular weight excluding hydrogens is 128 g/mol. The molecule has 2 heteroatoms. The molecule has 0 N–H and O–H groups in total. The Kier molecular flexibility index (Phi) is 1.59. The van der Waals surface area contributed by atoms with Crippen molar-refractivity contribution >= 4 is 5.78 Å². The van der Waals surface area contributed by atoms with Crippen LogP contribution >= 0.6 is 0 Å². The lowest BCUT2D eigenvalue weighted by atomic mass is 9.61. The van der Waals surface area contributed by atoms with Crippen LogP contribution in [0.4, 0.5) is 0 Å². The maximum atomic E-state index is 11.2. The van der Waals surface area contributed by atoms with Gasteiger partial charge in [0.25, 0.3) is 0 Å². The van der Waals surface area contributed by atoms with Gasteiger partial charge in [-0.2, -0.15) is 0 Å². The van der Waals surface area contributed by atoms with Crippen molar-refractivity contribution < 1.29 is 9.53 Å². The Morgan fingerprint density at radius 3 is 2.20 bits per heavy atom. The highest BCUT2D eigenvalue weighted by molar-refractivity contribution is 5.93. The van der Waals surface area contributed by atoms with E-state index < -0.39 is 0 Å². The van der Waals surface area contributed by atoms with Crippen molar-refractivity contribution in [3.63, 3.8) is 0 Å². The van der Waals surface area contributed by atoms with Crippen LogP contribution in [-0.2, 0) is 9.53 Å². The highest BCUT2D eigenvalue weighted by atomic mass is 16.5. The van der Waals surface area contributed by atoms with E-state index in [9.17, 15) is 4.79 Å². The molecule has 1 rings (SSSR count). The number of rotatable bonds is 1. The van der Waals surface area contributed by atoms with Gasteiger partial charge < -0.3 is 4.74 Å². The molecule has 0 aromatic rings. The SMILES string of the molecule is COC1C(C)C(=O)C1(C)C. The van der Waals surface area contributed by atoms with Crippen LogP contribution in [-0.4, -0.2) is 19.0 Å². The molecule has 1 saturated carbocycles. The average Bonchev–Trinajstić information content (AvgIpc) is 1.88. The van der Waals surface area contributed by atoms with Crippen molar-refractivity contribution in [1.29, 1.82) is 0 Å². The van der Waals surface area contributed by atoms with Gasteiger partial charge >= 0.3 is 0 Å². The summed E-state index contributed by atoms with van der Waals surface area (Å²) in [5.74, 6) is 0.416. The second-order valence-electron chi connectivity index (χ2n) is 3.53. The Morgan fingerprint density at radius 2 is 2.00 bits per heavy atom. The zero-order valence-electron chi connectivity index (χ0n) is 6.97. The lowest BCUT2D eigenvalue weighted by Gasteiger charge is -2.46. The molecule has 0 heterocycles. The number of hydrogen-bond acceptors (Lipinski definition) is 2. The predicted octanol–water partition coefficient (Wildman–Crippen LogP) is 1.25. The van der Waals surface area contributed by atoms with Gasteiger partial charge in [0.05, 0.1) is 11.5 Å². The number of methoxy groups -OCH3 is 1. The summed E-state index contributed by atoms with van der Waals surface area (Å²) >= 11 is 0. The molecule has 0 amide bonds. The molecule has 0 bridgehead atoms. The minimum absolute atomic E-state index is 0.0972. The molecule has 1 aliphatic rings. The first kappa shape index (κ1) is 7.73. The summed E-state index contributed by atoms with van der Waals surface area (Å²) in [5, 5.41) is 0. The first-order valence-electron chi connectivity index (χ1n) is 3.59. The van der Waals surface area contributed by atoms with Crippen molar-refractivity contribution in [2.45, 2.75) is 26.9 Å². The Hall–Kier alpha value is -0.370. The van der Waals surface area contributed by atoms with Crippen LogP contribution in [0.5, 0.6) is 0 Å². The first-order valence-corrected chi connectivity index (χ1v) is 3.59. The van der Waals surface area contributed by atoms with E-state index in [0.29, 0.717) is 5.78 Å². The third kappa shape index (κ3) is 0.717. The summed E-state index contributed by atoms with van der Waals surface area (Å²) in [6.45, 7) is 5.79. The molecule has 2 nitrogen and oxygen atoms in total. The molecule has 0 aromatic heterocycles. The number of hydrogen-bond donors (Lipinski definition) is 0. The quantitative estimate of drug-likeness (QED) is 0.550. The molecule has 1 aliphatic carbocycles. The normalized spacial score (nSPS) is 37.4. The Bertz CT molecular complexity index is 161. The van der Waals surface area contributed by atoms with Crippen LogP contribution in [0.3, 0.4) is 0 Å². The standard InChI is InChI=1S/C8H14O2/c1-5-6(9)8(2,3)7(5)10-4/h5,7H,1-4H3. The molecule has 1 fully saturated rings. The fourth-order valence-corrected chi connectivity index (χ4v) is 1.89. The molecule has 0 aromatic carbocycles. The van der Waals surface area contributed by atoms with Crippen molar-refractivity contribution in [2.24, 2.45) is 11.3 Å². The van der Waals surface area contributed by atoms with Gasteiger partial charge in [0, 0.05) is 13.0 Å². The van der Waals surface area contributed by atoms with Gasteiger partial charge in [0.2, 0.25) is 0 Å². The van der Waals surface area contributed by atoms with E-state index in [4.69, 9.17) is 4.74 Å². The molecule has 0 spiro atoms. The molecule has 0 aliphatic heterocycles. The second kappa shape index (κ2) is 2.06. The van der Waals surface area contributed by atoms with E-state index in [2.05, 4.69) is 0 Å². The van der Waals surface area contributed by atoms with E-state index in [0.717, 1.165) is 0 Å². The van der Waals surface area contributed by atoms with Crippen molar-refractivity contribution in [1.82, 2.24) is 0 Å². The van der Waals surface area contributed by atoms with E-state index >= 15 is 0 Å². The summed E-state index contributed by atoms with van der Waals surface area (Å²) < 4.78 is 5.16. The lowest BCUT2D eigenvalue weighted by Crippen LogP contribution is -2.58. The molecule has 0 radical (unpaired) electrons. The van der Waals surface area contributed by atoms with E-state index in [1.807, 2.05) is 20.8 Å². The fourth-order valence-electron chi connectivity index (χ4n) is 1.89. The van der Waals surface area contributed by atoms with Crippen LogP contribution in [0.1, 0.15) is 20.8 Å². The van der Waals surface area contributed by atoms with E-state index in [1.54, 1.807) is 7.11 Å². The average molecular weight is 142 g/mol. The van der Waals surface area contributed by atoms with Gasteiger partial charge in [-0.1, -0.05) is 20.8 Å². The van der Waals surface area contributed by atoms with Crippen molar-refractivity contribution in [3.8, 4) is 0 Å². The molecule has 0 saturated heterocycles. The molecular formula is C8H14O2. The monoisotopic (exact) mass is 142 g/mol. The van der Waals surface area contributed by atoms with Gasteiger partial charge in [-0.05, 0) is 0 Å². The number of ketones is 1. The van der Waals surface area contributed by atoms with Crippen LogP contribution in [0.25, 0.3) is 0 Å². The zero-order valence-corrected chi connectivity index (χ0v) is 6.97. The number of carbonyl (C=O) groups is 1. The Labute approximate surface area is 61.6 Å². The Balaban J connectivity index is 2.71. The zero-order chi connectivity index (χ0) is 7.94. The molecule has 2 atom stereocenters. The first-order chi connectivity index (χ1) is 4.51. The van der Waals surface area contributed by atoms with E-state index in [1.165, 1.54) is 0 Å². The van der Waals surface area contributed by atoms with Gasteiger partial charge in [0.15, 0.2) is 0 Å². The maximum absolute atomic E-state index is 11.2. The van der Waals surface area contributed by atoms with Gasteiger partial charge in [-0.3, -0.25) is 4.79 Å². The molecule has 58 valence electrons. The fraction of sp³-hybridized carbons (Fsp3) is 0.875. The third-order valence-electron chi connectivity index (χ3n) is 2.47. The van der Waals surface area contributed by atoms with Crippen LogP contribution in [0.2, 0.25) is 0 Å². The molecule has 2 unspecified atom stereocenters. The minimum atomic E-state index is -0.242. The van der Waals surface area contributed by atoms with E-state index in [-0.39, 0.29) is 17.4 Å². The summed E-state index contributed by atoms with van der Waals surface area (Å²) in [4.78, 5) is 11.2. The topological polar surface area (TPSA) is 26.3 Å². The van der Waals surface area contributed by atoms with Crippen molar-refractivity contribution in [3.05, 3.63) is 0 Å². The van der Waals surface area contributed by atoms with Crippen molar-refractivity contribution in [2.75, 3.05) is 7.11 Å². The number of ether oxygens (including phenoxy) is 1. The van der Waals surface area contributed by atoms with Crippen LogP contribution in [0.15, 0.2) is 0 Å². The smallest absolute Gasteiger partial charge is 0.146 e. The van der Waals surface area contributed by atoms with Gasteiger partial charge in [-0.25, -0.2) is 0 Å². The summed E-state index contributed by atoms with van der Waals surface area (Å²) in [6.07, 6.45) is 0.125. The minimum Gasteiger partial charge on any atom is -0.380 e. The van der Waals surface area contributed by atoms with Crippen LogP contribution in [0, 0.1) is 11.3 Å². The summed E-state index contributed by atoms with van der Waals surface area (Å²) in [6, 6.07) is 0. The summed E-state index contributed by atoms with van der Waals surface area (Å²) in [7, 11) is 1.66. The second-order valence-corrected chi connectivity index (χ2v) is 3.53. The lowest BCUT2D eigenvalue weighted by molar-refractivity contribution is -0.167. The largest absolute Gasteiger partial charge is 0.380 e.